The smallest absolute Gasteiger partial charge is 0.252 e. The standard InChI is InChI=1S/C59H71BN2/c1-35-26-50-52-51(27-35)62(38-17-19-40-43(30-38)57(10,11)25-23-55(40,6)7)49-33-45-44(58(12,13)34-59(45,14)15)31-47(49)60(52)46-28-36-20-21-53(2,3)41(36)32-48(46)61(50)37-16-18-39-42(29-37)56(8,9)24-22-54(39,4)5/h16-19,26-33H,20-25,34H2,1-15H3. The molecule has 2 heterocycles. The average molecular weight is 819 g/mol. The fraction of sp³-hybridized carbons (Fsp3) is 0.492. The molecule has 0 saturated carbocycles. The van der Waals surface area contributed by atoms with E-state index in [1.165, 1.54) is 127 Å². The average Bonchev–Trinajstić information content (AvgIpc) is 3.58. The topological polar surface area (TPSA) is 6.48 Å². The second kappa shape index (κ2) is 12.3. The summed E-state index contributed by atoms with van der Waals surface area (Å²) in [6, 6.07) is 30.9. The summed E-state index contributed by atoms with van der Waals surface area (Å²) in [7, 11) is 0. The van der Waals surface area contributed by atoms with Crippen molar-refractivity contribution < 1.29 is 0 Å². The van der Waals surface area contributed by atoms with Crippen LogP contribution in [0.15, 0.2) is 72.8 Å². The number of hydrogen-bond donors (Lipinski definition) is 0. The number of benzene rings is 5. The van der Waals surface area contributed by atoms with Crippen LogP contribution in [0.3, 0.4) is 0 Å². The normalized spacial score (nSPS) is 22.8. The molecule has 0 atom stereocenters. The second-order valence-electron chi connectivity index (χ2n) is 25.7. The molecule has 320 valence electrons. The third-order valence-electron chi connectivity index (χ3n) is 17.9. The molecule has 2 nitrogen and oxygen atoms in total. The van der Waals surface area contributed by atoms with Gasteiger partial charge in [-0.1, -0.05) is 121 Å². The van der Waals surface area contributed by atoms with Crippen molar-refractivity contribution in [1.29, 1.82) is 0 Å². The van der Waals surface area contributed by atoms with Crippen LogP contribution in [0.2, 0.25) is 0 Å². The van der Waals surface area contributed by atoms with Crippen LogP contribution in [0.4, 0.5) is 34.1 Å². The van der Waals surface area contributed by atoms with Crippen LogP contribution >= 0.6 is 0 Å². The summed E-state index contributed by atoms with van der Waals surface area (Å²) in [4.78, 5) is 5.43. The Hall–Kier alpha value is -4.24. The summed E-state index contributed by atoms with van der Waals surface area (Å²) >= 11 is 0. The Morgan fingerprint density at radius 1 is 0.387 bits per heavy atom. The van der Waals surface area contributed by atoms with Crippen molar-refractivity contribution >= 4 is 57.2 Å². The molecule has 0 aromatic heterocycles. The largest absolute Gasteiger partial charge is 0.311 e. The molecule has 0 saturated heterocycles. The van der Waals surface area contributed by atoms with E-state index in [0.29, 0.717) is 0 Å². The van der Waals surface area contributed by atoms with Gasteiger partial charge in [-0.05, 0) is 205 Å². The molecule has 5 aromatic carbocycles. The molecule has 6 aliphatic rings. The molecule has 2 aliphatic heterocycles. The molecule has 0 bridgehead atoms. The van der Waals surface area contributed by atoms with E-state index in [0.717, 1.165) is 12.8 Å². The third-order valence-corrected chi connectivity index (χ3v) is 17.9. The van der Waals surface area contributed by atoms with E-state index >= 15 is 0 Å². The van der Waals surface area contributed by atoms with Crippen molar-refractivity contribution in [2.45, 2.75) is 187 Å². The Balaban J connectivity index is 1.24. The molecule has 11 rings (SSSR count). The minimum atomic E-state index is 0.0852. The summed E-state index contributed by atoms with van der Waals surface area (Å²) in [5.74, 6) is 0. The van der Waals surface area contributed by atoms with Gasteiger partial charge >= 0.3 is 0 Å². The van der Waals surface area contributed by atoms with Gasteiger partial charge in [0.05, 0.1) is 0 Å². The lowest BCUT2D eigenvalue weighted by molar-refractivity contribution is 0.332. The fourth-order valence-electron chi connectivity index (χ4n) is 14.1. The van der Waals surface area contributed by atoms with Gasteiger partial charge in [-0.15, -0.1) is 0 Å². The van der Waals surface area contributed by atoms with Gasteiger partial charge in [0.2, 0.25) is 0 Å². The predicted octanol–water partition coefficient (Wildman–Crippen LogP) is 14.0. The number of nitrogens with zero attached hydrogens (tertiary/aromatic N) is 2. The van der Waals surface area contributed by atoms with Crippen molar-refractivity contribution in [1.82, 2.24) is 0 Å². The lowest BCUT2D eigenvalue weighted by Gasteiger charge is -2.47. The van der Waals surface area contributed by atoms with Crippen molar-refractivity contribution in [2.75, 3.05) is 9.80 Å². The van der Waals surface area contributed by atoms with Crippen LogP contribution in [0, 0.1) is 6.92 Å². The summed E-state index contributed by atoms with van der Waals surface area (Å²) in [6.07, 6.45) is 8.34. The summed E-state index contributed by atoms with van der Waals surface area (Å²) in [5.41, 5.74) is 26.8. The second-order valence-corrected chi connectivity index (χ2v) is 25.7. The van der Waals surface area contributed by atoms with Crippen molar-refractivity contribution in [3.8, 4) is 0 Å². The number of rotatable bonds is 2. The molecule has 0 fully saturated rings. The van der Waals surface area contributed by atoms with E-state index in [1.54, 1.807) is 5.56 Å². The third kappa shape index (κ3) is 5.54. The Morgan fingerprint density at radius 3 is 1.29 bits per heavy atom. The van der Waals surface area contributed by atoms with Crippen LogP contribution in [0.1, 0.15) is 186 Å². The van der Waals surface area contributed by atoms with E-state index < -0.39 is 0 Å². The molecule has 0 spiro atoms. The summed E-state index contributed by atoms with van der Waals surface area (Å²) < 4.78 is 0. The van der Waals surface area contributed by atoms with Crippen molar-refractivity contribution in [3.05, 3.63) is 123 Å². The highest BCUT2D eigenvalue weighted by Gasteiger charge is 2.50. The Labute approximate surface area is 375 Å². The molecule has 0 N–H and O–H groups in total. The maximum atomic E-state index is 2.72. The summed E-state index contributed by atoms with van der Waals surface area (Å²) in [5, 5.41) is 0. The van der Waals surface area contributed by atoms with Gasteiger partial charge in [0.25, 0.3) is 6.71 Å². The van der Waals surface area contributed by atoms with E-state index in [4.69, 9.17) is 0 Å². The van der Waals surface area contributed by atoms with E-state index in [9.17, 15) is 0 Å². The Morgan fingerprint density at radius 2 is 0.790 bits per heavy atom. The van der Waals surface area contributed by atoms with Crippen LogP contribution in [0.5, 0.6) is 0 Å². The van der Waals surface area contributed by atoms with Crippen LogP contribution in [0.25, 0.3) is 0 Å². The zero-order valence-electron chi connectivity index (χ0n) is 40.8. The van der Waals surface area contributed by atoms with Gasteiger partial charge in [-0.3, -0.25) is 0 Å². The first-order chi connectivity index (χ1) is 28.8. The highest BCUT2D eigenvalue weighted by atomic mass is 15.2. The summed E-state index contributed by atoms with van der Waals surface area (Å²) in [6.45, 7) is 37.1. The maximum absolute atomic E-state index is 2.72. The van der Waals surface area contributed by atoms with Gasteiger partial charge in [0.15, 0.2) is 0 Å². The van der Waals surface area contributed by atoms with Gasteiger partial charge in [-0.2, -0.15) is 0 Å². The maximum Gasteiger partial charge on any atom is 0.252 e. The number of anilines is 6. The molecule has 3 heteroatoms. The minimum Gasteiger partial charge on any atom is -0.311 e. The fourth-order valence-corrected chi connectivity index (χ4v) is 14.1. The Bertz CT molecular complexity index is 2770. The van der Waals surface area contributed by atoms with Crippen LogP contribution in [-0.2, 0) is 44.3 Å². The molecular formula is C59H71BN2. The SMILES string of the molecule is Cc1cc2c3c(c1)N(c1ccc4c(c1)C(C)(C)CCC4(C)C)c1cc4c(cc1B3c1cc3c(cc1N2c1ccc2c(c1)C(C)(C)CCC2(C)C)C(C)(C)CC3)C(C)(C)CC4(C)C. The highest BCUT2D eigenvalue weighted by molar-refractivity contribution is 7.00. The molecular weight excluding hydrogens is 747 g/mol. The molecule has 5 aromatic rings. The minimum absolute atomic E-state index is 0.0852. The van der Waals surface area contributed by atoms with Crippen LogP contribution in [-0.4, -0.2) is 6.71 Å². The van der Waals surface area contributed by atoms with Crippen molar-refractivity contribution in [3.63, 3.8) is 0 Å². The van der Waals surface area contributed by atoms with Gasteiger partial charge < -0.3 is 9.80 Å². The molecule has 0 unspecified atom stereocenters. The zero-order chi connectivity index (χ0) is 44.1. The first-order valence-electron chi connectivity index (χ1n) is 24.2. The first kappa shape index (κ1) is 40.5. The van der Waals surface area contributed by atoms with Gasteiger partial charge in [0.1, 0.15) is 0 Å². The quantitative estimate of drug-likeness (QED) is 0.160. The highest BCUT2D eigenvalue weighted by Crippen LogP contribution is 2.55. The lowest BCUT2D eigenvalue weighted by Crippen LogP contribution is -2.61. The molecule has 62 heavy (non-hydrogen) atoms. The van der Waals surface area contributed by atoms with Gasteiger partial charge in [0, 0.05) is 34.1 Å². The molecule has 0 radical (unpaired) electrons. The molecule has 0 amide bonds. The first-order valence-corrected chi connectivity index (χ1v) is 24.2. The van der Waals surface area contributed by atoms with Crippen LogP contribution < -0.4 is 26.2 Å². The monoisotopic (exact) mass is 819 g/mol. The Kier molecular flexibility index (Phi) is 8.05. The lowest BCUT2D eigenvalue weighted by atomic mass is 9.33. The molecule has 4 aliphatic carbocycles. The predicted molar refractivity (Wildman–Crippen MR) is 268 cm³/mol. The van der Waals surface area contributed by atoms with E-state index in [-0.39, 0.29) is 44.6 Å². The number of fused-ring (bicyclic) bond motifs is 8. The number of hydrogen-bond acceptors (Lipinski definition) is 2. The van der Waals surface area contributed by atoms with E-state index in [1.807, 2.05) is 0 Å². The van der Waals surface area contributed by atoms with E-state index in [2.05, 4.69) is 186 Å². The van der Waals surface area contributed by atoms with Gasteiger partial charge in [-0.25, -0.2) is 0 Å². The number of aryl methyl sites for hydroxylation is 2. The van der Waals surface area contributed by atoms with Crippen molar-refractivity contribution in [2.24, 2.45) is 0 Å². The zero-order valence-corrected chi connectivity index (χ0v) is 40.8.